The summed E-state index contributed by atoms with van der Waals surface area (Å²) in [5, 5.41) is 2.29. The molecular weight excluding hydrogens is 416 g/mol. The Morgan fingerprint density at radius 3 is 2.50 bits per heavy atom. The fourth-order valence-corrected chi connectivity index (χ4v) is 5.19. The van der Waals surface area contributed by atoms with Gasteiger partial charge in [0.25, 0.3) is 0 Å². The fourth-order valence-electron chi connectivity index (χ4n) is 4.10. The van der Waals surface area contributed by atoms with E-state index < -0.39 is 10.0 Å². The second kappa shape index (κ2) is 10.4. The highest BCUT2D eigenvalue weighted by Gasteiger charge is 2.16. The molecule has 3 aromatic carbocycles. The van der Waals surface area contributed by atoms with Crippen LogP contribution in [0.1, 0.15) is 23.1 Å². The lowest BCUT2D eigenvalue weighted by Gasteiger charge is -2.28. The molecule has 4 nitrogen and oxygen atoms in total. The molecule has 0 saturated carbocycles. The van der Waals surface area contributed by atoms with E-state index in [1.807, 2.05) is 24.3 Å². The quantitative estimate of drug-likeness (QED) is 0.530. The van der Waals surface area contributed by atoms with Crippen molar-refractivity contribution in [3.05, 3.63) is 83.4 Å². The molecule has 6 heteroatoms. The molecule has 0 aliphatic carbocycles. The Morgan fingerprint density at radius 2 is 1.63 bits per heavy atom. The van der Waals surface area contributed by atoms with Crippen molar-refractivity contribution in [2.24, 2.45) is 0 Å². The van der Waals surface area contributed by atoms with Crippen molar-refractivity contribution in [3.8, 4) is 0 Å². The number of hydrogen-bond donors (Lipinski definition) is 1. The fraction of sp³-hybridized carbons (Fsp3) is 0.333. The average molecular weight is 445 g/mol. The van der Waals surface area contributed by atoms with E-state index in [-0.39, 0.29) is 18.2 Å². The van der Waals surface area contributed by atoms with E-state index in [2.05, 4.69) is 52.1 Å². The third kappa shape index (κ3) is 5.82. The minimum Gasteiger partial charge on any atom is -0.299 e. The molecule has 1 aliphatic rings. The van der Waals surface area contributed by atoms with Crippen molar-refractivity contribution in [3.63, 3.8) is 0 Å². The Morgan fingerprint density at radius 1 is 0.900 bits per heavy atom. The molecule has 3 aromatic rings. The lowest BCUT2D eigenvalue weighted by molar-refractivity contribution is 0.251. The smallest absolute Gasteiger partial charge is 0.211 e. The summed E-state index contributed by atoms with van der Waals surface area (Å²) in [6.45, 7) is 3.42. The van der Waals surface area contributed by atoms with Gasteiger partial charge in [-0.05, 0) is 53.3 Å². The predicted octanol–water partition coefficient (Wildman–Crippen LogP) is 4.17. The van der Waals surface area contributed by atoms with Gasteiger partial charge in [-0.3, -0.25) is 4.90 Å². The minimum atomic E-state index is -3.27. The highest BCUT2D eigenvalue weighted by Crippen LogP contribution is 2.20. The van der Waals surface area contributed by atoms with Crippen LogP contribution in [-0.2, 0) is 29.4 Å². The van der Waals surface area contributed by atoms with Gasteiger partial charge in [-0.2, -0.15) is 0 Å². The number of rotatable bonds is 8. The maximum absolute atomic E-state index is 12.4. The number of sulfonamides is 1. The Bertz CT molecular complexity index is 1080. The Balaban J connectivity index is 0.00000256. The molecule has 160 valence electrons. The molecule has 0 radical (unpaired) electrons. The number of fused-ring (bicyclic) bond motifs is 2. The maximum Gasteiger partial charge on any atom is 0.211 e. The van der Waals surface area contributed by atoms with Crippen LogP contribution in [0.15, 0.2) is 66.7 Å². The molecule has 0 saturated heterocycles. The van der Waals surface area contributed by atoms with Crippen LogP contribution >= 0.6 is 12.4 Å². The number of benzene rings is 3. The molecule has 0 bridgehead atoms. The topological polar surface area (TPSA) is 49.4 Å². The summed E-state index contributed by atoms with van der Waals surface area (Å²) < 4.78 is 27.6. The first-order chi connectivity index (χ1) is 14.1. The van der Waals surface area contributed by atoms with Crippen LogP contribution in [0.5, 0.6) is 0 Å². The van der Waals surface area contributed by atoms with Crippen LogP contribution in [-0.4, -0.2) is 38.7 Å². The molecule has 0 amide bonds. The van der Waals surface area contributed by atoms with Crippen LogP contribution < -0.4 is 4.72 Å². The summed E-state index contributed by atoms with van der Waals surface area (Å²) in [7, 11) is -3.27. The van der Waals surface area contributed by atoms with E-state index in [1.54, 1.807) is 0 Å². The van der Waals surface area contributed by atoms with Gasteiger partial charge in [-0.25, -0.2) is 13.1 Å². The third-order valence-corrected chi connectivity index (χ3v) is 7.09. The number of nitrogens with zero attached hydrogens (tertiary/aromatic N) is 1. The number of hydrogen-bond acceptors (Lipinski definition) is 3. The molecule has 1 N–H and O–H groups in total. The molecule has 1 heterocycles. The molecule has 0 aromatic heterocycles. The molecule has 0 unspecified atom stereocenters. The van der Waals surface area contributed by atoms with Crippen molar-refractivity contribution in [2.75, 3.05) is 25.4 Å². The van der Waals surface area contributed by atoms with Gasteiger partial charge < -0.3 is 0 Å². The van der Waals surface area contributed by atoms with Gasteiger partial charge in [0, 0.05) is 19.6 Å². The van der Waals surface area contributed by atoms with Crippen molar-refractivity contribution >= 4 is 33.2 Å². The van der Waals surface area contributed by atoms with E-state index in [0.29, 0.717) is 13.0 Å². The predicted molar refractivity (Wildman–Crippen MR) is 127 cm³/mol. The van der Waals surface area contributed by atoms with Gasteiger partial charge in [0.2, 0.25) is 10.0 Å². The normalized spacial score (nSPS) is 14.3. The number of halogens is 1. The first-order valence-electron chi connectivity index (χ1n) is 10.3. The van der Waals surface area contributed by atoms with E-state index in [4.69, 9.17) is 0 Å². The zero-order valence-electron chi connectivity index (χ0n) is 17.1. The van der Waals surface area contributed by atoms with E-state index >= 15 is 0 Å². The summed E-state index contributed by atoms with van der Waals surface area (Å²) >= 11 is 0. The van der Waals surface area contributed by atoms with Crippen LogP contribution in [0.3, 0.4) is 0 Å². The Kier molecular flexibility index (Phi) is 7.89. The largest absolute Gasteiger partial charge is 0.299 e. The van der Waals surface area contributed by atoms with Crippen LogP contribution in [0.2, 0.25) is 0 Å². The summed E-state index contributed by atoms with van der Waals surface area (Å²) in [5.74, 6) is 0.123. The summed E-state index contributed by atoms with van der Waals surface area (Å²) in [6, 6.07) is 22.8. The van der Waals surface area contributed by atoms with E-state index in [0.717, 1.165) is 48.8 Å². The lowest BCUT2D eigenvalue weighted by Crippen LogP contribution is -2.34. The Labute approximate surface area is 185 Å². The SMILES string of the molecule is Cl.O=S(=O)(CCc1cccc2ccccc12)NCCCN1CCc2ccccc2C1. The summed E-state index contributed by atoms with van der Waals surface area (Å²) in [6.07, 6.45) is 2.43. The molecular formula is C24H29ClN2O2S. The van der Waals surface area contributed by atoms with Gasteiger partial charge >= 0.3 is 0 Å². The molecule has 0 spiro atoms. The van der Waals surface area contributed by atoms with Gasteiger partial charge in [-0.1, -0.05) is 66.7 Å². The van der Waals surface area contributed by atoms with Gasteiger partial charge in [-0.15, -0.1) is 12.4 Å². The lowest BCUT2D eigenvalue weighted by atomic mass is 10.00. The van der Waals surface area contributed by atoms with Gasteiger partial charge in [0.1, 0.15) is 0 Å². The second-order valence-electron chi connectivity index (χ2n) is 7.75. The van der Waals surface area contributed by atoms with Crippen LogP contribution in [0.25, 0.3) is 10.8 Å². The minimum absolute atomic E-state index is 0. The van der Waals surface area contributed by atoms with Crippen molar-refractivity contribution < 1.29 is 8.42 Å². The zero-order valence-corrected chi connectivity index (χ0v) is 18.7. The van der Waals surface area contributed by atoms with E-state index in [1.165, 1.54) is 11.1 Å². The molecule has 4 rings (SSSR count). The van der Waals surface area contributed by atoms with Crippen molar-refractivity contribution in [1.82, 2.24) is 9.62 Å². The standard InChI is InChI=1S/C24H28N2O2S.ClH/c27-29(28,18-14-22-11-5-10-21-8-3-4-12-24(21)22)25-15-6-16-26-17-13-20-7-1-2-9-23(20)19-26;/h1-5,7-12,25H,6,13-19H2;1H. The third-order valence-electron chi connectivity index (χ3n) is 5.70. The molecule has 0 atom stereocenters. The van der Waals surface area contributed by atoms with Crippen molar-refractivity contribution in [1.29, 1.82) is 0 Å². The molecule has 1 aliphatic heterocycles. The van der Waals surface area contributed by atoms with Crippen LogP contribution in [0, 0.1) is 0 Å². The first kappa shape index (κ1) is 22.8. The number of nitrogens with one attached hydrogen (secondary N) is 1. The molecule has 0 fully saturated rings. The average Bonchev–Trinajstić information content (AvgIpc) is 2.75. The Hall–Kier alpha value is -1.92. The summed E-state index contributed by atoms with van der Waals surface area (Å²) in [4.78, 5) is 2.41. The maximum atomic E-state index is 12.4. The highest BCUT2D eigenvalue weighted by atomic mass is 35.5. The second-order valence-corrected chi connectivity index (χ2v) is 9.68. The van der Waals surface area contributed by atoms with Crippen molar-refractivity contribution in [2.45, 2.75) is 25.8 Å². The monoisotopic (exact) mass is 444 g/mol. The molecule has 30 heavy (non-hydrogen) atoms. The first-order valence-corrected chi connectivity index (χ1v) is 12.0. The zero-order chi connectivity index (χ0) is 20.1. The van der Waals surface area contributed by atoms with Crippen LogP contribution in [0.4, 0.5) is 0 Å². The van der Waals surface area contributed by atoms with Gasteiger partial charge in [0.05, 0.1) is 5.75 Å². The summed E-state index contributed by atoms with van der Waals surface area (Å²) in [5.41, 5.74) is 3.92. The highest BCUT2D eigenvalue weighted by molar-refractivity contribution is 7.89. The van der Waals surface area contributed by atoms with E-state index in [9.17, 15) is 8.42 Å². The number of aryl methyl sites for hydroxylation is 1. The van der Waals surface area contributed by atoms with Gasteiger partial charge in [0.15, 0.2) is 0 Å².